The van der Waals surface area contributed by atoms with Gasteiger partial charge in [-0.05, 0) is 17.7 Å². The van der Waals surface area contributed by atoms with Gasteiger partial charge in [0, 0.05) is 16.4 Å². The van der Waals surface area contributed by atoms with Gasteiger partial charge in [-0.25, -0.2) is 0 Å². The minimum atomic E-state index is 0.183. The van der Waals surface area contributed by atoms with Crippen LogP contribution < -0.4 is 5.32 Å². The van der Waals surface area contributed by atoms with Gasteiger partial charge in [0.1, 0.15) is 0 Å². The molecule has 13 heavy (non-hydrogen) atoms. The van der Waals surface area contributed by atoms with E-state index in [-0.39, 0.29) is 5.41 Å². The third-order valence-corrected chi connectivity index (χ3v) is 3.25. The first-order chi connectivity index (χ1) is 6.00. The first-order valence-corrected chi connectivity index (χ1v) is 5.41. The molecule has 0 spiro atoms. The standard InChI is InChI=1S/C10H11BrClN/c1-10(2)5-13-9-7(10)3-6(11)4-8(9)12/h3-4,13H,5H2,1-2H3. The van der Waals surface area contributed by atoms with Crippen LogP contribution in [-0.2, 0) is 5.41 Å². The summed E-state index contributed by atoms with van der Waals surface area (Å²) in [6.45, 7) is 5.39. The van der Waals surface area contributed by atoms with Gasteiger partial charge >= 0.3 is 0 Å². The van der Waals surface area contributed by atoms with Gasteiger partial charge in [-0.15, -0.1) is 0 Å². The van der Waals surface area contributed by atoms with Gasteiger partial charge in [-0.1, -0.05) is 41.4 Å². The fourth-order valence-electron chi connectivity index (χ4n) is 1.69. The summed E-state index contributed by atoms with van der Waals surface area (Å²) < 4.78 is 1.05. The van der Waals surface area contributed by atoms with Crippen LogP contribution in [0.4, 0.5) is 5.69 Å². The number of nitrogens with one attached hydrogen (secondary N) is 1. The van der Waals surface area contributed by atoms with E-state index in [1.54, 1.807) is 0 Å². The minimum absolute atomic E-state index is 0.183. The third-order valence-electron chi connectivity index (χ3n) is 2.49. The van der Waals surface area contributed by atoms with Crippen LogP contribution in [0, 0.1) is 0 Å². The zero-order chi connectivity index (χ0) is 9.64. The Balaban J connectivity index is 2.65. The Morgan fingerprint density at radius 1 is 1.46 bits per heavy atom. The molecule has 0 aliphatic carbocycles. The monoisotopic (exact) mass is 259 g/mol. The number of hydrogen-bond donors (Lipinski definition) is 1. The molecule has 2 rings (SSSR count). The van der Waals surface area contributed by atoms with Gasteiger partial charge in [-0.2, -0.15) is 0 Å². The van der Waals surface area contributed by atoms with Crippen LogP contribution in [-0.4, -0.2) is 6.54 Å². The summed E-state index contributed by atoms with van der Waals surface area (Å²) in [4.78, 5) is 0. The fraction of sp³-hybridized carbons (Fsp3) is 0.400. The lowest BCUT2D eigenvalue weighted by Gasteiger charge is -2.17. The smallest absolute Gasteiger partial charge is 0.0651 e. The van der Waals surface area contributed by atoms with E-state index in [4.69, 9.17) is 11.6 Å². The van der Waals surface area contributed by atoms with E-state index in [2.05, 4.69) is 41.2 Å². The molecule has 1 heterocycles. The number of rotatable bonds is 0. The number of benzene rings is 1. The lowest BCUT2D eigenvalue weighted by Crippen LogP contribution is -2.18. The van der Waals surface area contributed by atoms with Crippen molar-refractivity contribution in [1.82, 2.24) is 0 Å². The molecule has 0 saturated heterocycles. The van der Waals surface area contributed by atoms with Gasteiger partial charge in [0.15, 0.2) is 0 Å². The molecule has 0 unspecified atom stereocenters. The summed E-state index contributed by atoms with van der Waals surface area (Å²) in [6.07, 6.45) is 0. The normalized spacial score (nSPS) is 18.2. The summed E-state index contributed by atoms with van der Waals surface area (Å²) in [5.41, 5.74) is 2.57. The largest absolute Gasteiger partial charge is 0.383 e. The van der Waals surface area contributed by atoms with Crippen molar-refractivity contribution in [3.63, 3.8) is 0 Å². The van der Waals surface area contributed by atoms with E-state index in [9.17, 15) is 0 Å². The third kappa shape index (κ3) is 1.46. The molecule has 0 bridgehead atoms. The van der Waals surface area contributed by atoms with Gasteiger partial charge in [0.05, 0.1) is 10.7 Å². The van der Waals surface area contributed by atoms with Gasteiger partial charge in [-0.3, -0.25) is 0 Å². The topological polar surface area (TPSA) is 12.0 Å². The summed E-state index contributed by atoms with van der Waals surface area (Å²) >= 11 is 9.56. The van der Waals surface area contributed by atoms with Crippen molar-refractivity contribution in [2.75, 3.05) is 11.9 Å². The minimum Gasteiger partial charge on any atom is -0.383 e. The summed E-state index contributed by atoms with van der Waals surface area (Å²) in [6, 6.07) is 4.07. The Labute approximate surface area is 91.6 Å². The Kier molecular flexibility index (Phi) is 2.08. The average molecular weight is 261 g/mol. The molecule has 1 aliphatic heterocycles. The highest BCUT2D eigenvalue weighted by atomic mass is 79.9. The Bertz CT molecular complexity index is 360. The maximum atomic E-state index is 6.11. The molecule has 0 aromatic heterocycles. The highest BCUT2D eigenvalue weighted by Crippen LogP contribution is 2.42. The molecule has 0 amide bonds. The molecule has 1 nitrogen and oxygen atoms in total. The van der Waals surface area contributed by atoms with E-state index in [1.165, 1.54) is 5.56 Å². The predicted octanol–water partition coefficient (Wildman–Crippen LogP) is 3.81. The molecule has 3 heteroatoms. The van der Waals surface area contributed by atoms with Gasteiger partial charge in [0.25, 0.3) is 0 Å². The lowest BCUT2D eigenvalue weighted by molar-refractivity contribution is 0.586. The molecule has 70 valence electrons. The molecule has 0 saturated carbocycles. The van der Waals surface area contributed by atoms with Crippen LogP contribution in [0.5, 0.6) is 0 Å². The maximum Gasteiger partial charge on any atom is 0.0651 e. The van der Waals surface area contributed by atoms with Crippen molar-refractivity contribution in [2.24, 2.45) is 0 Å². The van der Waals surface area contributed by atoms with Crippen LogP contribution in [0.2, 0.25) is 5.02 Å². The van der Waals surface area contributed by atoms with Crippen molar-refractivity contribution in [1.29, 1.82) is 0 Å². The molecule has 0 atom stereocenters. The molecule has 1 aromatic rings. The number of anilines is 1. The summed E-state index contributed by atoms with van der Waals surface area (Å²) in [5, 5.41) is 4.13. The zero-order valence-corrected chi connectivity index (χ0v) is 9.96. The molecule has 1 aromatic carbocycles. The van der Waals surface area contributed by atoms with E-state index in [0.29, 0.717) is 0 Å². The van der Waals surface area contributed by atoms with Crippen molar-refractivity contribution in [3.8, 4) is 0 Å². The Morgan fingerprint density at radius 2 is 2.15 bits per heavy atom. The Morgan fingerprint density at radius 3 is 2.85 bits per heavy atom. The van der Waals surface area contributed by atoms with E-state index in [0.717, 1.165) is 21.7 Å². The molecule has 1 aliphatic rings. The van der Waals surface area contributed by atoms with Gasteiger partial charge < -0.3 is 5.32 Å². The fourth-order valence-corrected chi connectivity index (χ4v) is 2.57. The van der Waals surface area contributed by atoms with Crippen molar-refractivity contribution in [2.45, 2.75) is 19.3 Å². The SMILES string of the molecule is CC1(C)CNc2c(Cl)cc(Br)cc21. The van der Waals surface area contributed by atoms with Crippen LogP contribution in [0.3, 0.4) is 0 Å². The molecule has 0 radical (unpaired) electrons. The van der Waals surface area contributed by atoms with Crippen LogP contribution in [0.25, 0.3) is 0 Å². The molecular formula is C10H11BrClN. The second-order valence-corrected chi connectivity index (χ2v) is 5.37. The van der Waals surface area contributed by atoms with Crippen molar-refractivity contribution in [3.05, 3.63) is 27.2 Å². The molecule has 1 N–H and O–H groups in total. The highest BCUT2D eigenvalue weighted by molar-refractivity contribution is 9.10. The molecular weight excluding hydrogens is 249 g/mol. The zero-order valence-electron chi connectivity index (χ0n) is 7.62. The first-order valence-electron chi connectivity index (χ1n) is 4.24. The summed E-state index contributed by atoms with van der Waals surface area (Å²) in [5.74, 6) is 0. The van der Waals surface area contributed by atoms with Crippen LogP contribution in [0.1, 0.15) is 19.4 Å². The van der Waals surface area contributed by atoms with E-state index in [1.807, 2.05) is 6.07 Å². The van der Waals surface area contributed by atoms with Gasteiger partial charge in [0.2, 0.25) is 0 Å². The second-order valence-electron chi connectivity index (χ2n) is 4.05. The number of halogens is 2. The van der Waals surface area contributed by atoms with E-state index < -0.39 is 0 Å². The predicted molar refractivity (Wildman–Crippen MR) is 60.7 cm³/mol. The molecule has 0 fully saturated rings. The number of fused-ring (bicyclic) bond motifs is 1. The quantitative estimate of drug-likeness (QED) is 0.748. The average Bonchev–Trinajstić information content (AvgIpc) is 2.28. The van der Waals surface area contributed by atoms with Crippen molar-refractivity contribution >= 4 is 33.2 Å². The second kappa shape index (κ2) is 2.89. The van der Waals surface area contributed by atoms with E-state index >= 15 is 0 Å². The van der Waals surface area contributed by atoms with Crippen molar-refractivity contribution < 1.29 is 0 Å². The number of hydrogen-bond acceptors (Lipinski definition) is 1. The van der Waals surface area contributed by atoms with Crippen LogP contribution >= 0.6 is 27.5 Å². The summed E-state index contributed by atoms with van der Waals surface area (Å²) in [7, 11) is 0. The highest BCUT2D eigenvalue weighted by Gasteiger charge is 2.31. The van der Waals surface area contributed by atoms with Crippen LogP contribution in [0.15, 0.2) is 16.6 Å². The Hall–Kier alpha value is -0.210. The maximum absolute atomic E-state index is 6.11. The lowest BCUT2D eigenvalue weighted by atomic mass is 9.87. The first kappa shape index (κ1) is 9.35.